The Morgan fingerprint density at radius 3 is 3.00 bits per heavy atom. The van der Waals surface area contributed by atoms with Gasteiger partial charge in [-0.25, -0.2) is 4.79 Å². The molecule has 0 aromatic heterocycles. The van der Waals surface area contributed by atoms with Gasteiger partial charge in [-0.1, -0.05) is 6.58 Å². The Bertz CT molecular complexity index is 228. The maximum absolute atomic E-state index is 10.5. The zero-order valence-corrected chi connectivity index (χ0v) is 7.23. The summed E-state index contributed by atoms with van der Waals surface area (Å²) in [4.78, 5) is 10.5. The summed E-state index contributed by atoms with van der Waals surface area (Å²) in [6.07, 6.45) is 4.37. The van der Waals surface area contributed by atoms with Gasteiger partial charge in [0.1, 0.15) is 13.2 Å². The highest BCUT2D eigenvalue weighted by Gasteiger charge is 1.89. The van der Waals surface area contributed by atoms with Crippen molar-refractivity contribution in [2.45, 2.75) is 6.42 Å². The molecular weight excluding hydrogens is 170 g/mol. The Labute approximate surface area is 77.1 Å². The monoisotopic (exact) mass is 181 g/mol. The van der Waals surface area contributed by atoms with Crippen LogP contribution in [0.4, 0.5) is 0 Å². The maximum atomic E-state index is 10.5. The molecule has 0 aromatic carbocycles. The van der Waals surface area contributed by atoms with Gasteiger partial charge in [-0.05, 0) is 6.08 Å². The zero-order chi connectivity index (χ0) is 9.94. The lowest BCUT2D eigenvalue weighted by atomic mass is 10.5. The molecule has 0 fully saturated rings. The lowest BCUT2D eigenvalue weighted by Crippen LogP contribution is -1.99. The molecule has 0 N–H and O–H groups in total. The first kappa shape index (κ1) is 11.2. The van der Waals surface area contributed by atoms with Crippen molar-refractivity contribution < 1.29 is 14.3 Å². The van der Waals surface area contributed by atoms with Crippen LogP contribution in [-0.2, 0) is 14.3 Å². The van der Waals surface area contributed by atoms with Gasteiger partial charge in [-0.15, -0.1) is 0 Å². The molecule has 13 heavy (non-hydrogen) atoms. The van der Waals surface area contributed by atoms with Crippen LogP contribution < -0.4 is 0 Å². The minimum absolute atomic E-state index is 0.150. The highest BCUT2D eigenvalue weighted by atomic mass is 16.5. The van der Waals surface area contributed by atoms with Crippen LogP contribution in [0.25, 0.3) is 0 Å². The van der Waals surface area contributed by atoms with Crippen LogP contribution in [0.1, 0.15) is 6.42 Å². The van der Waals surface area contributed by atoms with Crippen molar-refractivity contribution in [3.05, 3.63) is 25.0 Å². The summed E-state index contributed by atoms with van der Waals surface area (Å²) in [5.41, 5.74) is 0. The van der Waals surface area contributed by atoms with E-state index in [1.807, 2.05) is 6.07 Å². The zero-order valence-electron chi connectivity index (χ0n) is 7.23. The van der Waals surface area contributed by atoms with Crippen LogP contribution in [0.3, 0.4) is 0 Å². The second-order valence-electron chi connectivity index (χ2n) is 1.98. The third kappa shape index (κ3) is 8.14. The van der Waals surface area contributed by atoms with Gasteiger partial charge >= 0.3 is 5.97 Å². The number of esters is 1. The molecule has 0 rings (SSSR count). The van der Waals surface area contributed by atoms with Gasteiger partial charge in [-0.3, -0.25) is 0 Å². The second kappa shape index (κ2) is 8.34. The molecule has 0 aromatic rings. The Morgan fingerprint density at radius 2 is 2.38 bits per heavy atom. The van der Waals surface area contributed by atoms with E-state index in [0.717, 1.165) is 6.08 Å². The summed E-state index contributed by atoms with van der Waals surface area (Å²) in [7, 11) is 0. The van der Waals surface area contributed by atoms with Gasteiger partial charge in [-0.2, -0.15) is 5.26 Å². The van der Waals surface area contributed by atoms with E-state index in [2.05, 4.69) is 11.3 Å². The fraction of sp³-hybridized carbons (Fsp3) is 0.333. The SMILES string of the molecule is C=CC(=O)OCC=COCCC#N. The summed E-state index contributed by atoms with van der Waals surface area (Å²) in [6.45, 7) is 3.73. The Balaban J connectivity index is 3.27. The fourth-order valence-electron chi connectivity index (χ4n) is 0.469. The minimum atomic E-state index is -0.471. The highest BCUT2D eigenvalue weighted by molar-refractivity contribution is 5.81. The molecule has 0 heterocycles. The van der Waals surface area contributed by atoms with Crippen molar-refractivity contribution >= 4 is 5.97 Å². The van der Waals surface area contributed by atoms with Crippen LogP contribution in [0.2, 0.25) is 0 Å². The van der Waals surface area contributed by atoms with Crippen molar-refractivity contribution in [2.24, 2.45) is 0 Å². The predicted molar refractivity (Wildman–Crippen MR) is 46.5 cm³/mol. The quantitative estimate of drug-likeness (QED) is 0.267. The fourth-order valence-corrected chi connectivity index (χ4v) is 0.469. The number of nitrogens with zero attached hydrogens (tertiary/aromatic N) is 1. The molecule has 4 heteroatoms. The van der Waals surface area contributed by atoms with Crippen LogP contribution in [0.15, 0.2) is 25.0 Å². The smallest absolute Gasteiger partial charge is 0.330 e. The molecule has 0 saturated heterocycles. The van der Waals surface area contributed by atoms with Gasteiger partial charge in [0, 0.05) is 6.08 Å². The normalized spacial score (nSPS) is 9.15. The number of rotatable bonds is 6. The number of carbonyl (C=O) groups excluding carboxylic acids is 1. The molecule has 0 spiro atoms. The van der Waals surface area contributed by atoms with Crippen LogP contribution in [-0.4, -0.2) is 19.2 Å². The molecule has 0 bridgehead atoms. The van der Waals surface area contributed by atoms with E-state index in [4.69, 9.17) is 10.00 Å². The summed E-state index contributed by atoms with van der Waals surface area (Å²) in [5.74, 6) is -0.471. The maximum Gasteiger partial charge on any atom is 0.330 e. The van der Waals surface area contributed by atoms with E-state index in [1.165, 1.54) is 6.26 Å². The average Bonchev–Trinajstić information content (AvgIpc) is 2.16. The van der Waals surface area contributed by atoms with Gasteiger partial charge in [0.2, 0.25) is 0 Å². The molecule has 4 nitrogen and oxygen atoms in total. The summed E-state index contributed by atoms with van der Waals surface area (Å²) in [6, 6.07) is 1.93. The molecule has 0 amide bonds. The minimum Gasteiger partial charge on any atom is -0.500 e. The van der Waals surface area contributed by atoms with Crippen LogP contribution >= 0.6 is 0 Å². The van der Waals surface area contributed by atoms with Crippen LogP contribution in [0, 0.1) is 11.3 Å². The molecule has 0 unspecified atom stereocenters. The first-order chi connectivity index (χ1) is 6.31. The lowest BCUT2D eigenvalue weighted by molar-refractivity contribution is -0.136. The molecule has 0 atom stereocenters. The van der Waals surface area contributed by atoms with E-state index in [1.54, 1.807) is 6.08 Å². The topological polar surface area (TPSA) is 59.3 Å². The largest absolute Gasteiger partial charge is 0.500 e. The van der Waals surface area contributed by atoms with Crippen molar-refractivity contribution in [3.63, 3.8) is 0 Å². The van der Waals surface area contributed by atoms with Gasteiger partial charge in [0.05, 0.1) is 18.8 Å². The molecule has 0 aliphatic carbocycles. The Morgan fingerprint density at radius 1 is 1.62 bits per heavy atom. The van der Waals surface area contributed by atoms with Gasteiger partial charge in [0.15, 0.2) is 0 Å². The number of hydrogen-bond acceptors (Lipinski definition) is 4. The molecular formula is C9H11NO3. The third-order valence-corrected chi connectivity index (χ3v) is 1.01. The first-order valence-electron chi connectivity index (χ1n) is 3.74. The Kier molecular flexibility index (Phi) is 7.21. The highest BCUT2D eigenvalue weighted by Crippen LogP contribution is 1.84. The van der Waals surface area contributed by atoms with E-state index in [0.29, 0.717) is 13.0 Å². The summed E-state index contributed by atoms with van der Waals surface area (Å²) < 4.78 is 9.48. The van der Waals surface area contributed by atoms with Crippen LogP contribution in [0.5, 0.6) is 0 Å². The molecule has 0 radical (unpaired) electrons. The molecule has 70 valence electrons. The predicted octanol–water partition coefficient (Wildman–Crippen LogP) is 1.16. The second-order valence-corrected chi connectivity index (χ2v) is 1.98. The standard InChI is InChI=1S/C9H11NO3/c1-2-9(11)13-8-4-7-12-6-3-5-10/h2,4,7H,1,3,6,8H2. The van der Waals surface area contributed by atoms with E-state index in [9.17, 15) is 4.79 Å². The van der Waals surface area contributed by atoms with Crippen molar-refractivity contribution in [3.8, 4) is 6.07 Å². The number of ether oxygens (including phenoxy) is 2. The van der Waals surface area contributed by atoms with Gasteiger partial charge < -0.3 is 9.47 Å². The van der Waals surface area contributed by atoms with Crippen molar-refractivity contribution in [1.29, 1.82) is 5.26 Å². The van der Waals surface area contributed by atoms with Crippen molar-refractivity contribution in [1.82, 2.24) is 0 Å². The van der Waals surface area contributed by atoms with Gasteiger partial charge in [0.25, 0.3) is 0 Å². The lowest BCUT2D eigenvalue weighted by Gasteiger charge is -1.96. The van der Waals surface area contributed by atoms with E-state index in [-0.39, 0.29) is 6.61 Å². The average molecular weight is 181 g/mol. The molecule has 0 aliphatic rings. The molecule has 0 saturated carbocycles. The number of hydrogen-bond donors (Lipinski definition) is 0. The van der Waals surface area contributed by atoms with Crippen molar-refractivity contribution in [2.75, 3.05) is 13.2 Å². The van der Waals surface area contributed by atoms with E-state index < -0.39 is 5.97 Å². The Hall–Kier alpha value is -1.76. The first-order valence-corrected chi connectivity index (χ1v) is 3.74. The van der Waals surface area contributed by atoms with E-state index >= 15 is 0 Å². The summed E-state index contributed by atoms with van der Waals surface area (Å²) in [5, 5.41) is 8.14. The third-order valence-electron chi connectivity index (χ3n) is 1.01. The number of nitriles is 1. The molecule has 0 aliphatic heterocycles. The summed E-state index contributed by atoms with van der Waals surface area (Å²) >= 11 is 0. The number of carbonyl (C=O) groups is 1.